The second kappa shape index (κ2) is 6.45. The molecule has 0 saturated heterocycles. The van der Waals surface area contributed by atoms with Crippen molar-refractivity contribution in [3.8, 4) is 0 Å². The van der Waals surface area contributed by atoms with E-state index in [1.807, 2.05) is 0 Å². The SMILES string of the molecule is CC(C)CNC1=C(C2CCCCC2C)CCC=C1. The maximum absolute atomic E-state index is 3.68. The van der Waals surface area contributed by atoms with Crippen molar-refractivity contribution in [1.29, 1.82) is 0 Å². The molecular formula is C17H29N. The van der Waals surface area contributed by atoms with Gasteiger partial charge in [-0.3, -0.25) is 0 Å². The predicted molar refractivity (Wildman–Crippen MR) is 79.4 cm³/mol. The minimum absolute atomic E-state index is 0.720. The second-order valence-corrected chi connectivity index (χ2v) is 6.52. The van der Waals surface area contributed by atoms with Gasteiger partial charge in [0.25, 0.3) is 0 Å². The average molecular weight is 247 g/mol. The number of hydrogen-bond donors (Lipinski definition) is 1. The Morgan fingerprint density at radius 3 is 2.78 bits per heavy atom. The molecule has 0 heterocycles. The molecule has 0 aromatic carbocycles. The molecule has 2 unspecified atom stereocenters. The first kappa shape index (κ1) is 13.7. The number of allylic oxidation sites excluding steroid dienone is 3. The summed E-state index contributed by atoms with van der Waals surface area (Å²) in [5, 5.41) is 3.68. The van der Waals surface area contributed by atoms with Crippen LogP contribution in [0.25, 0.3) is 0 Å². The fourth-order valence-electron chi connectivity index (χ4n) is 3.39. The standard InChI is InChI=1S/C17H29N/c1-13(2)12-18-17-11-7-6-10-16(17)15-9-5-4-8-14(15)3/h7,11,13-15,18H,4-6,8-10,12H2,1-3H3. The molecule has 0 bridgehead atoms. The Bertz CT molecular complexity index is 325. The zero-order valence-electron chi connectivity index (χ0n) is 12.3. The van der Waals surface area contributed by atoms with Gasteiger partial charge in [-0.05, 0) is 48.7 Å². The lowest BCUT2D eigenvalue weighted by Gasteiger charge is -2.33. The Morgan fingerprint density at radius 2 is 2.06 bits per heavy atom. The number of hydrogen-bond acceptors (Lipinski definition) is 1. The normalized spacial score (nSPS) is 28.9. The van der Waals surface area contributed by atoms with E-state index in [9.17, 15) is 0 Å². The van der Waals surface area contributed by atoms with Crippen LogP contribution in [0.4, 0.5) is 0 Å². The van der Waals surface area contributed by atoms with E-state index in [1.165, 1.54) is 44.2 Å². The first-order valence-corrected chi connectivity index (χ1v) is 7.82. The van der Waals surface area contributed by atoms with E-state index in [2.05, 4.69) is 38.2 Å². The van der Waals surface area contributed by atoms with E-state index in [-0.39, 0.29) is 0 Å². The van der Waals surface area contributed by atoms with Crippen LogP contribution in [0, 0.1) is 17.8 Å². The Kier molecular flexibility index (Phi) is 4.91. The fraction of sp³-hybridized carbons (Fsp3) is 0.765. The Labute approximate surface area is 113 Å². The molecule has 0 aromatic heterocycles. The third kappa shape index (κ3) is 3.40. The molecule has 0 spiro atoms. The smallest absolute Gasteiger partial charge is 0.0331 e. The van der Waals surface area contributed by atoms with E-state index in [4.69, 9.17) is 0 Å². The highest BCUT2D eigenvalue weighted by molar-refractivity contribution is 5.30. The Morgan fingerprint density at radius 1 is 1.28 bits per heavy atom. The maximum atomic E-state index is 3.68. The van der Waals surface area contributed by atoms with Crippen LogP contribution in [0.3, 0.4) is 0 Å². The van der Waals surface area contributed by atoms with Crippen LogP contribution in [0.15, 0.2) is 23.4 Å². The highest BCUT2D eigenvalue weighted by Gasteiger charge is 2.26. The van der Waals surface area contributed by atoms with E-state index in [1.54, 1.807) is 5.57 Å². The van der Waals surface area contributed by atoms with Gasteiger partial charge in [0.05, 0.1) is 0 Å². The molecule has 0 radical (unpaired) electrons. The van der Waals surface area contributed by atoms with Gasteiger partial charge in [0.2, 0.25) is 0 Å². The Hall–Kier alpha value is -0.720. The molecule has 0 aromatic rings. The first-order valence-electron chi connectivity index (χ1n) is 7.82. The molecule has 2 rings (SSSR count). The second-order valence-electron chi connectivity index (χ2n) is 6.52. The van der Waals surface area contributed by atoms with Crippen LogP contribution in [0.1, 0.15) is 59.3 Å². The van der Waals surface area contributed by atoms with Gasteiger partial charge in [-0.1, -0.05) is 46.1 Å². The molecule has 0 aliphatic heterocycles. The van der Waals surface area contributed by atoms with Crippen LogP contribution >= 0.6 is 0 Å². The summed E-state index contributed by atoms with van der Waals surface area (Å²) in [6, 6.07) is 0. The molecule has 2 aliphatic rings. The van der Waals surface area contributed by atoms with Crippen molar-refractivity contribution in [2.24, 2.45) is 17.8 Å². The summed E-state index contributed by atoms with van der Waals surface area (Å²) < 4.78 is 0. The molecule has 1 saturated carbocycles. The lowest BCUT2D eigenvalue weighted by molar-refractivity contribution is 0.285. The molecular weight excluding hydrogens is 218 g/mol. The molecule has 1 N–H and O–H groups in total. The zero-order valence-corrected chi connectivity index (χ0v) is 12.3. The number of nitrogens with one attached hydrogen (secondary N) is 1. The summed E-state index contributed by atoms with van der Waals surface area (Å²) in [4.78, 5) is 0. The maximum Gasteiger partial charge on any atom is 0.0331 e. The number of rotatable bonds is 4. The summed E-state index contributed by atoms with van der Waals surface area (Å²) in [6.07, 6.45) is 12.9. The van der Waals surface area contributed by atoms with Crippen LogP contribution in [-0.2, 0) is 0 Å². The molecule has 18 heavy (non-hydrogen) atoms. The highest BCUT2D eigenvalue weighted by Crippen LogP contribution is 2.38. The van der Waals surface area contributed by atoms with Crippen molar-refractivity contribution >= 4 is 0 Å². The summed E-state index contributed by atoms with van der Waals surface area (Å²) >= 11 is 0. The third-order valence-electron chi connectivity index (χ3n) is 4.47. The summed E-state index contributed by atoms with van der Waals surface area (Å²) in [6.45, 7) is 8.12. The largest absolute Gasteiger partial charge is 0.385 e. The van der Waals surface area contributed by atoms with Crippen molar-refractivity contribution < 1.29 is 0 Å². The fourth-order valence-corrected chi connectivity index (χ4v) is 3.39. The minimum atomic E-state index is 0.720. The lowest BCUT2D eigenvalue weighted by atomic mass is 9.73. The van der Waals surface area contributed by atoms with E-state index in [0.29, 0.717) is 0 Å². The van der Waals surface area contributed by atoms with Crippen molar-refractivity contribution in [3.05, 3.63) is 23.4 Å². The van der Waals surface area contributed by atoms with E-state index < -0.39 is 0 Å². The van der Waals surface area contributed by atoms with Crippen molar-refractivity contribution in [3.63, 3.8) is 0 Å². The molecule has 102 valence electrons. The molecule has 1 heteroatoms. The van der Waals surface area contributed by atoms with Gasteiger partial charge in [-0.15, -0.1) is 0 Å². The van der Waals surface area contributed by atoms with Gasteiger partial charge in [-0.25, -0.2) is 0 Å². The third-order valence-corrected chi connectivity index (χ3v) is 4.47. The average Bonchev–Trinajstić information content (AvgIpc) is 2.37. The monoisotopic (exact) mass is 247 g/mol. The highest BCUT2D eigenvalue weighted by atomic mass is 14.9. The molecule has 2 atom stereocenters. The van der Waals surface area contributed by atoms with E-state index >= 15 is 0 Å². The summed E-state index contributed by atoms with van der Waals surface area (Å²) in [5.74, 6) is 2.45. The van der Waals surface area contributed by atoms with Gasteiger partial charge in [0.1, 0.15) is 0 Å². The Balaban J connectivity index is 2.11. The van der Waals surface area contributed by atoms with Gasteiger partial charge in [0.15, 0.2) is 0 Å². The van der Waals surface area contributed by atoms with E-state index in [0.717, 1.165) is 24.3 Å². The van der Waals surface area contributed by atoms with Crippen molar-refractivity contribution in [2.75, 3.05) is 6.54 Å². The van der Waals surface area contributed by atoms with Gasteiger partial charge < -0.3 is 5.32 Å². The van der Waals surface area contributed by atoms with Crippen LogP contribution < -0.4 is 5.32 Å². The van der Waals surface area contributed by atoms with Crippen molar-refractivity contribution in [2.45, 2.75) is 59.3 Å². The van der Waals surface area contributed by atoms with Crippen molar-refractivity contribution in [1.82, 2.24) is 5.32 Å². The minimum Gasteiger partial charge on any atom is -0.385 e. The molecule has 0 amide bonds. The predicted octanol–water partition coefficient (Wildman–Crippen LogP) is 4.66. The van der Waals surface area contributed by atoms with Crippen LogP contribution in [0.5, 0.6) is 0 Å². The molecule has 2 aliphatic carbocycles. The van der Waals surface area contributed by atoms with Crippen LogP contribution in [-0.4, -0.2) is 6.54 Å². The van der Waals surface area contributed by atoms with Gasteiger partial charge in [-0.2, -0.15) is 0 Å². The molecule has 1 nitrogen and oxygen atoms in total. The summed E-state index contributed by atoms with van der Waals surface area (Å²) in [7, 11) is 0. The quantitative estimate of drug-likeness (QED) is 0.761. The topological polar surface area (TPSA) is 12.0 Å². The molecule has 1 fully saturated rings. The van der Waals surface area contributed by atoms with Crippen LogP contribution in [0.2, 0.25) is 0 Å². The first-order chi connectivity index (χ1) is 8.68. The zero-order chi connectivity index (χ0) is 13.0. The van der Waals surface area contributed by atoms with Gasteiger partial charge >= 0.3 is 0 Å². The lowest BCUT2D eigenvalue weighted by Crippen LogP contribution is -2.26. The summed E-state index contributed by atoms with van der Waals surface area (Å²) in [5.41, 5.74) is 3.18. The van der Waals surface area contributed by atoms with Gasteiger partial charge in [0, 0.05) is 12.2 Å².